The smallest absolute Gasteiger partial charge is 0.227 e. The monoisotopic (exact) mass is 512 g/mol. The minimum atomic E-state index is -0.651. The van der Waals surface area contributed by atoms with Gasteiger partial charge in [0.25, 0.3) is 0 Å². The van der Waals surface area contributed by atoms with Crippen LogP contribution in [0.1, 0.15) is 30.9 Å². The van der Waals surface area contributed by atoms with Crippen LogP contribution in [0.4, 0.5) is 10.1 Å². The van der Waals surface area contributed by atoms with E-state index in [1.165, 1.54) is 12.1 Å². The molecule has 0 spiro atoms. The summed E-state index contributed by atoms with van der Waals surface area (Å²) >= 11 is 0. The molecule has 0 aliphatic carbocycles. The molecule has 3 N–H and O–H groups in total. The standard InChI is InChI=1S/C21H25FN4O2.HI/c1-2-23-21(25-14-16-7-10-19(27)18(22)12-16)24-13-15-5-8-17(9-6-15)26-11-3-4-20(26)28;/h5-10,12,27H,2-4,11,13-14H2,1H3,(H2,23,24,25);1H. The fourth-order valence-corrected chi connectivity index (χ4v) is 3.06. The summed E-state index contributed by atoms with van der Waals surface area (Å²) in [5.74, 6) is -0.216. The normalized spacial score (nSPS) is 13.9. The number of carbonyl (C=O) groups is 1. The summed E-state index contributed by atoms with van der Waals surface area (Å²) in [6.45, 7) is 4.32. The number of carbonyl (C=O) groups excluding carboxylic acids is 1. The largest absolute Gasteiger partial charge is 0.505 e. The Morgan fingerprint density at radius 3 is 2.52 bits per heavy atom. The lowest BCUT2D eigenvalue weighted by Gasteiger charge is -2.16. The third-order valence-corrected chi connectivity index (χ3v) is 4.56. The molecule has 2 aromatic carbocycles. The summed E-state index contributed by atoms with van der Waals surface area (Å²) < 4.78 is 13.4. The van der Waals surface area contributed by atoms with E-state index in [0.29, 0.717) is 37.6 Å². The highest BCUT2D eigenvalue weighted by atomic mass is 127. The lowest BCUT2D eigenvalue weighted by Crippen LogP contribution is -2.36. The second-order valence-corrected chi connectivity index (χ2v) is 6.65. The van der Waals surface area contributed by atoms with Crippen LogP contribution < -0.4 is 15.5 Å². The molecule has 1 heterocycles. The number of phenols is 1. The molecule has 0 aromatic heterocycles. The number of halogens is 2. The number of aliphatic imine (C=N–C) groups is 1. The number of hydrogen-bond acceptors (Lipinski definition) is 3. The van der Waals surface area contributed by atoms with E-state index < -0.39 is 5.82 Å². The number of benzene rings is 2. The van der Waals surface area contributed by atoms with Gasteiger partial charge in [-0.15, -0.1) is 24.0 Å². The highest BCUT2D eigenvalue weighted by molar-refractivity contribution is 14.0. The second kappa shape index (κ2) is 11.0. The molecule has 0 atom stereocenters. The first kappa shape index (κ1) is 22.9. The van der Waals surface area contributed by atoms with Crippen LogP contribution in [0.3, 0.4) is 0 Å². The fraction of sp³-hybridized carbons (Fsp3) is 0.333. The van der Waals surface area contributed by atoms with Crippen molar-refractivity contribution in [2.75, 3.05) is 18.0 Å². The number of aromatic hydroxyl groups is 1. The SMILES string of the molecule is CCNC(=NCc1ccc(O)c(F)c1)NCc1ccc(N2CCCC2=O)cc1.I. The molecular weight excluding hydrogens is 486 g/mol. The quantitative estimate of drug-likeness (QED) is 0.315. The Balaban J connectivity index is 0.00000300. The van der Waals surface area contributed by atoms with E-state index in [9.17, 15) is 14.3 Å². The van der Waals surface area contributed by atoms with Crippen molar-refractivity contribution in [1.82, 2.24) is 10.6 Å². The van der Waals surface area contributed by atoms with Crippen molar-refractivity contribution >= 4 is 41.5 Å². The molecule has 1 fully saturated rings. The summed E-state index contributed by atoms with van der Waals surface area (Å²) in [5, 5.41) is 15.7. The molecule has 1 saturated heterocycles. The maximum Gasteiger partial charge on any atom is 0.227 e. The number of hydrogen-bond donors (Lipinski definition) is 3. The molecule has 0 unspecified atom stereocenters. The van der Waals surface area contributed by atoms with Crippen LogP contribution in [-0.4, -0.2) is 30.1 Å². The van der Waals surface area contributed by atoms with Crippen LogP contribution in [0.5, 0.6) is 5.75 Å². The van der Waals surface area contributed by atoms with Crippen molar-refractivity contribution in [3.63, 3.8) is 0 Å². The zero-order valence-electron chi connectivity index (χ0n) is 16.3. The van der Waals surface area contributed by atoms with Gasteiger partial charge in [0.2, 0.25) is 5.91 Å². The molecular formula is C21H26FIN4O2. The van der Waals surface area contributed by atoms with Crippen LogP contribution in [0, 0.1) is 5.82 Å². The van der Waals surface area contributed by atoms with E-state index in [-0.39, 0.29) is 35.6 Å². The van der Waals surface area contributed by atoms with E-state index in [1.54, 1.807) is 6.07 Å². The molecule has 1 aliphatic heterocycles. The van der Waals surface area contributed by atoms with Gasteiger partial charge in [-0.1, -0.05) is 18.2 Å². The van der Waals surface area contributed by atoms with Crippen molar-refractivity contribution < 1.29 is 14.3 Å². The topological polar surface area (TPSA) is 77.0 Å². The van der Waals surface area contributed by atoms with Gasteiger partial charge in [-0.3, -0.25) is 4.79 Å². The highest BCUT2D eigenvalue weighted by Gasteiger charge is 2.21. The third kappa shape index (κ3) is 6.31. The van der Waals surface area contributed by atoms with Crippen LogP contribution in [0.15, 0.2) is 47.5 Å². The first-order valence-corrected chi connectivity index (χ1v) is 9.45. The summed E-state index contributed by atoms with van der Waals surface area (Å²) in [4.78, 5) is 18.1. The molecule has 29 heavy (non-hydrogen) atoms. The van der Waals surface area contributed by atoms with Crippen molar-refractivity contribution in [3.8, 4) is 5.75 Å². The van der Waals surface area contributed by atoms with Gasteiger partial charge < -0.3 is 20.6 Å². The van der Waals surface area contributed by atoms with Gasteiger partial charge in [-0.2, -0.15) is 0 Å². The molecule has 3 rings (SSSR count). The Hall–Kier alpha value is -2.36. The van der Waals surface area contributed by atoms with Crippen molar-refractivity contribution in [2.24, 2.45) is 4.99 Å². The Bertz CT molecular complexity index is 858. The minimum absolute atomic E-state index is 0. The van der Waals surface area contributed by atoms with Gasteiger partial charge in [-0.25, -0.2) is 9.38 Å². The Morgan fingerprint density at radius 2 is 1.90 bits per heavy atom. The number of guanidine groups is 1. The lowest BCUT2D eigenvalue weighted by atomic mass is 10.2. The zero-order chi connectivity index (χ0) is 19.9. The molecule has 0 radical (unpaired) electrons. The molecule has 2 aromatic rings. The van der Waals surface area contributed by atoms with Crippen LogP contribution in [0.2, 0.25) is 0 Å². The minimum Gasteiger partial charge on any atom is -0.505 e. The molecule has 0 saturated carbocycles. The van der Waals surface area contributed by atoms with Gasteiger partial charge in [-0.05, 0) is 48.7 Å². The van der Waals surface area contributed by atoms with Gasteiger partial charge in [0.1, 0.15) is 0 Å². The summed E-state index contributed by atoms with van der Waals surface area (Å²) in [5.41, 5.74) is 2.67. The molecule has 156 valence electrons. The van der Waals surface area contributed by atoms with E-state index in [1.807, 2.05) is 36.1 Å². The maximum absolute atomic E-state index is 13.4. The number of rotatable bonds is 6. The average Bonchev–Trinajstić information content (AvgIpc) is 3.13. The third-order valence-electron chi connectivity index (χ3n) is 4.56. The van der Waals surface area contributed by atoms with Crippen LogP contribution >= 0.6 is 24.0 Å². The number of amides is 1. The predicted octanol–water partition coefficient (Wildman–Crippen LogP) is 3.53. The first-order valence-electron chi connectivity index (χ1n) is 9.45. The van der Waals surface area contributed by atoms with Crippen molar-refractivity contribution in [1.29, 1.82) is 0 Å². The zero-order valence-corrected chi connectivity index (χ0v) is 18.7. The summed E-state index contributed by atoms with van der Waals surface area (Å²) in [7, 11) is 0. The van der Waals surface area contributed by atoms with Crippen LogP contribution in [-0.2, 0) is 17.9 Å². The second-order valence-electron chi connectivity index (χ2n) is 6.65. The Kier molecular flexibility index (Phi) is 8.69. The first-order chi connectivity index (χ1) is 13.6. The number of phenolic OH excluding ortho intramolecular Hbond substituents is 1. The number of anilines is 1. The van der Waals surface area contributed by atoms with E-state index in [2.05, 4.69) is 15.6 Å². The number of nitrogens with zero attached hydrogens (tertiary/aromatic N) is 2. The van der Waals surface area contributed by atoms with Crippen LogP contribution in [0.25, 0.3) is 0 Å². The Morgan fingerprint density at radius 1 is 1.17 bits per heavy atom. The predicted molar refractivity (Wildman–Crippen MR) is 123 cm³/mol. The Labute approximate surface area is 187 Å². The average molecular weight is 512 g/mol. The lowest BCUT2D eigenvalue weighted by molar-refractivity contribution is -0.117. The molecule has 1 amide bonds. The summed E-state index contributed by atoms with van der Waals surface area (Å²) in [6.07, 6.45) is 1.53. The molecule has 6 nitrogen and oxygen atoms in total. The highest BCUT2D eigenvalue weighted by Crippen LogP contribution is 2.21. The van der Waals surface area contributed by atoms with Gasteiger partial charge in [0.05, 0.1) is 6.54 Å². The van der Waals surface area contributed by atoms with Gasteiger partial charge in [0, 0.05) is 31.7 Å². The molecule has 0 bridgehead atoms. The number of nitrogens with one attached hydrogen (secondary N) is 2. The fourth-order valence-electron chi connectivity index (χ4n) is 3.06. The van der Waals surface area contributed by atoms with Crippen molar-refractivity contribution in [3.05, 3.63) is 59.4 Å². The van der Waals surface area contributed by atoms with Crippen molar-refractivity contribution in [2.45, 2.75) is 32.9 Å². The van der Waals surface area contributed by atoms with E-state index in [4.69, 9.17) is 0 Å². The molecule has 1 aliphatic rings. The molecule has 8 heteroatoms. The maximum atomic E-state index is 13.4. The summed E-state index contributed by atoms with van der Waals surface area (Å²) in [6, 6.07) is 12.2. The van der Waals surface area contributed by atoms with Gasteiger partial charge in [0.15, 0.2) is 17.5 Å². The van der Waals surface area contributed by atoms with Gasteiger partial charge >= 0.3 is 0 Å². The van der Waals surface area contributed by atoms with E-state index >= 15 is 0 Å². The van der Waals surface area contributed by atoms with E-state index in [0.717, 1.165) is 24.2 Å².